The zero-order valence-electron chi connectivity index (χ0n) is 15.3. The van der Waals surface area contributed by atoms with Crippen LogP contribution >= 0.6 is 0 Å². The molecule has 146 valence electrons. The van der Waals surface area contributed by atoms with Crippen molar-refractivity contribution in [1.29, 1.82) is 0 Å². The molecule has 0 saturated carbocycles. The van der Waals surface area contributed by atoms with Gasteiger partial charge in [-0.05, 0) is 30.7 Å². The summed E-state index contributed by atoms with van der Waals surface area (Å²) in [4.78, 5) is 26.4. The van der Waals surface area contributed by atoms with Crippen LogP contribution < -0.4 is 4.74 Å². The van der Waals surface area contributed by atoms with Crippen LogP contribution in [0, 0.1) is 11.3 Å². The molecule has 0 radical (unpaired) electrons. The lowest BCUT2D eigenvalue weighted by Gasteiger charge is -2.33. The third-order valence-electron chi connectivity index (χ3n) is 5.99. The van der Waals surface area contributed by atoms with E-state index in [9.17, 15) is 14.7 Å². The molecule has 1 amide bonds. The normalized spacial score (nSPS) is 28.6. The first kappa shape index (κ1) is 18.3. The second-order valence-electron chi connectivity index (χ2n) is 7.62. The van der Waals surface area contributed by atoms with Crippen LogP contribution in [-0.4, -0.2) is 67.5 Å². The SMILES string of the molecule is O=C(c1ccc(OC2CCOCC2)cc1)N1C[C@H]2COCC[C@@]2(C(=O)O)C1. The average molecular weight is 375 g/mol. The van der Waals surface area contributed by atoms with Gasteiger partial charge >= 0.3 is 5.97 Å². The van der Waals surface area contributed by atoms with Crippen LogP contribution in [0.3, 0.4) is 0 Å². The first-order valence-corrected chi connectivity index (χ1v) is 9.53. The minimum Gasteiger partial charge on any atom is -0.490 e. The van der Waals surface area contributed by atoms with Crippen LogP contribution in [0.5, 0.6) is 5.75 Å². The molecule has 4 rings (SSSR count). The Hall–Kier alpha value is -2.12. The van der Waals surface area contributed by atoms with Gasteiger partial charge in [-0.3, -0.25) is 9.59 Å². The molecule has 1 N–H and O–H groups in total. The maximum Gasteiger partial charge on any atom is 0.311 e. The van der Waals surface area contributed by atoms with Crippen molar-refractivity contribution < 1.29 is 28.9 Å². The summed E-state index contributed by atoms with van der Waals surface area (Å²) in [7, 11) is 0. The number of carbonyl (C=O) groups is 2. The lowest BCUT2D eigenvalue weighted by molar-refractivity contribution is -0.157. The van der Waals surface area contributed by atoms with Gasteiger partial charge in [0, 0.05) is 44.0 Å². The van der Waals surface area contributed by atoms with E-state index in [2.05, 4.69) is 0 Å². The number of carboxylic acids is 1. The summed E-state index contributed by atoms with van der Waals surface area (Å²) < 4.78 is 16.7. The third-order valence-corrected chi connectivity index (χ3v) is 5.99. The van der Waals surface area contributed by atoms with E-state index in [1.807, 2.05) is 12.1 Å². The highest BCUT2D eigenvalue weighted by atomic mass is 16.5. The van der Waals surface area contributed by atoms with Crippen molar-refractivity contribution in [2.24, 2.45) is 11.3 Å². The Bertz CT molecular complexity index is 699. The maximum absolute atomic E-state index is 12.9. The Morgan fingerprint density at radius 3 is 2.52 bits per heavy atom. The topological polar surface area (TPSA) is 85.3 Å². The molecule has 7 heteroatoms. The van der Waals surface area contributed by atoms with E-state index in [1.54, 1.807) is 17.0 Å². The number of hydrogen-bond donors (Lipinski definition) is 1. The minimum absolute atomic E-state index is 0.136. The van der Waals surface area contributed by atoms with Crippen LogP contribution in [0.1, 0.15) is 29.6 Å². The summed E-state index contributed by atoms with van der Waals surface area (Å²) in [6.45, 7) is 2.93. The van der Waals surface area contributed by atoms with Crippen molar-refractivity contribution in [3.8, 4) is 5.75 Å². The summed E-state index contributed by atoms with van der Waals surface area (Å²) in [6, 6.07) is 7.12. The molecule has 2 atom stereocenters. The van der Waals surface area contributed by atoms with E-state index < -0.39 is 11.4 Å². The van der Waals surface area contributed by atoms with Gasteiger partial charge in [0.15, 0.2) is 0 Å². The molecule has 0 aliphatic carbocycles. The quantitative estimate of drug-likeness (QED) is 0.864. The van der Waals surface area contributed by atoms with Crippen molar-refractivity contribution >= 4 is 11.9 Å². The third kappa shape index (κ3) is 3.53. The fraction of sp³-hybridized carbons (Fsp3) is 0.600. The van der Waals surface area contributed by atoms with E-state index in [-0.39, 0.29) is 24.5 Å². The molecule has 3 heterocycles. The largest absolute Gasteiger partial charge is 0.490 e. The first-order valence-electron chi connectivity index (χ1n) is 9.53. The van der Waals surface area contributed by atoms with Crippen molar-refractivity contribution in [3.05, 3.63) is 29.8 Å². The number of amides is 1. The van der Waals surface area contributed by atoms with Crippen molar-refractivity contribution in [2.45, 2.75) is 25.4 Å². The number of hydrogen-bond acceptors (Lipinski definition) is 5. The van der Waals surface area contributed by atoms with E-state index in [1.165, 1.54) is 0 Å². The Labute approximate surface area is 158 Å². The Morgan fingerprint density at radius 1 is 1.11 bits per heavy atom. The summed E-state index contributed by atoms with van der Waals surface area (Å²) in [5, 5.41) is 9.74. The van der Waals surface area contributed by atoms with E-state index >= 15 is 0 Å². The van der Waals surface area contributed by atoms with Gasteiger partial charge in [-0.25, -0.2) is 0 Å². The molecule has 3 aliphatic rings. The van der Waals surface area contributed by atoms with Gasteiger partial charge < -0.3 is 24.2 Å². The predicted octanol–water partition coefficient (Wildman–Crippen LogP) is 1.81. The lowest BCUT2D eigenvalue weighted by Crippen LogP contribution is -2.45. The summed E-state index contributed by atoms with van der Waals surface area (Å²) in [5.41, 5.74) is -0.325. The van der Waals surface area contributed by atoms with E-state index in [4.69, 9.17) is 14.2 Å². The number of nitrogens with zero attached hydrogens (tertiary/aromatic N) is 1. The van der Waals surface area contributed by atoms with Crippen molar-refractivity contribution in [2.75, 3.05) is 39.5 Å². The van der Waals surface area contributed by atoms with Gasteiger partial charge in [0.2, 0.25) is 0 Å². The molecule has 0 aromatic heterocycles. The molecule has 3 saturated heterocycles. The summed E-state index contributed by atoms with van der Waals surface area (Å²) in [6.07, 6.45) is 2.34. The second kappa shape index (κ2) is 7.48. The molecular weight excluding hydrogens is 350 g/mol. The molecule has 1 aromatic carbocycles. The predicted molar refractivity (Wildman–Crippen MR) is 95.8 cm³/mol. The Balaban J connectivity index is 1.43. The maximum atomic E-state index is 12.9. The number of benzene rings is 1. The highest BCUT2D eigenvalue weighted by Gasteiger charge is 2.54. The van der Waals surface area contributed by atoms with Crippen LogP contribution in [0.15, 0.2) is 24.3 Å². The molecule has 3 aliphatic heterocycles. The zero-order chi connectivity index (χ0) is 18.9. The number of aliphatic carboxylic acids is 1. The molecule has 3 fully saturated rings. The Kier molecular flexibility index (Phi) is 5.06. The van der Waals surface area contributed by atoms with E-state index in [0.717, 1.165) is 18.6 Å². The fourth-order valence-electron chi connectivity index (χ4n) is 4.30. The van der Waals surface area contributed by atoms with Gasteiger partial charge in [0.25, 0.3) is 5.91 Å². The minimum atomic E-state index is -0.875. The van der Waals surface area contributed by atoms with Gasteiger partial charge in [-0.2, -0.15) is 0 Å². The van der Waals surface area contributed by atoms with Crippen LogP contribution in [0.4, 0.5) is 0 Å². The molecule has 0 bridgehead atoms. The number of carbonyl (C=O) groups excluding carboxylic acids is 1. The number of ether oxygens (including phenoxy) is 3. The van der Waals surface area contributed by atoms with E-state index in [0.29, 0.717) is 45.0 Å². The molecule has 7 nitrogen and oxygen atoms in total. The number of likely N-dealkylation sites (tertiary alicyclic amines) is 1. The van der Waals surface area contributed by atoms with Crippen LogP contribution in [0.25, 0.3) is 0 Å². The zero-order valence-corrected chi connectivity index (χ0v) is 15.3. The molecule has 1 aromatic rings. The summed E-state index contributed by atoms with van der Waals surface area (Å²) >= 11 is 0. The number of rotatable bonds is 4. The van der Waals surface area contributed by atoms with Crippen LogP contribution in [-0.2, 0) is 14.3 Å². The smallest absolute Gasteiger partial charge is 0.311 e. The van der Waals surface area contributed by atoms with Gasteiger partial charge in [0.1, 0.15) is 11.9 Å². The molecule has 0 spiro atoms. The molecule has 27 heavy (non-hydrogen) atoms. The van der Waals surface area contributed by atoms with Gasteiger partial charge in [-0.1, -0.05) is 0 Å². The highest BCUT2D eigenvalue weighted by Crippen LogP contribution is 2.42. The second-order valence-corrected chi connectivity index (χ2v) is 7.62. The summed E-state index contributed by atoms with van der Waals surface area (Å²) in [5.74, 6) is -0.373. The molecule has 0 unspecified atom stereocenters. The van der Waals surface area contributed by atoms with Gasteiger partial charge in [-0.15, -0.1) is 0 Å². The molecular formula is C20H25NO6. The first-order chi connectivity index (χ1) is 13.1. The number of carboxylic acid groups (broad SMARTS) is 1. The number of fused-ring (bicyclic) bond motifs is 1. The highest BCUT2D eigenvalue weighted by molar-refractivity contribution is 5.95. The van der Waals surface area contributed by atoms with Crippen molar-refractivity contribution in [3.63, 3.8) is 0 Å². The monoisotopic (exact) mass is 375 g/mol. The van der Waals surface area contributed by atoms with Crippen molar-refractivity contribution in [1.82, 2.24) is 4.90 Å². The van der Waals surface area contributed by atoms with Gasteiger partial charge in [0.05, 0.1) is 25.2 Å². The fourth-order valence-corrected chi connectivity index (χ4v) is 4.30. The standard InChI is InChI=1S/C20H25NO6/c22-18(21-11-15-12-26-10-7-20(15,13-21)19(23)24)14-1-3-16(4-2-14)27-17-5-8-25-9-6-17/h1-4,15,17H,5-13H2,(H,23,24)/t15-,20+/m0/s1. The Morgan fingerprint density at radius 2 is 1.85 bits per heavy atom. The van der Waals surface area contributed by atoms with Crippen LogP contribution in [0.2, 0.25) is 0 Å². The lowest BCUT2D eigenvalue weighted by atomic mass is 9.74. The average Bonchev–Trinajstić information content (AvgIpc) is 3.10.